The fourth-order valence-corrected chi connectivity index (χ4v) is 2.21. The van der Waals surface area contributed by atoms with Gasteiger partial charge in [-0.2, -0.15) is 0 Å². The van der Waals surface area contributed by atoms with Crippen molar-refractivity contribution in [3.05, 3.63) is 37.6 Å². The van der Waals surface area contributed by atoms with Crippen LogP contribution in [0, 0.1) is 0 Å². The van der Waals surface area contributed by atoms with Gasteiger partial charge in [0, 0.05) is 6.20 Å². The van der Waals surface area contributed by atoms with Crippen molar-refractivity contribution >= 4 is 22.0 Å². The number of H-pyrrole nitrogens is 1. The van der Waals surface area contributed by atoms with Crippen molar-refractivity contribution in [3.63, 3.8) is 0 Å². The minimum absolute atomic E-state index is 0.0667. The molecule has 1 fully saturated rings. The predicted molar refractivity (Wildman–Crippen MR) is 69.5 cm³/mol. The second kappa shape index (κ2) is 5.64. The molecular weight excluding hydrogens is 304 g/mol. The van der Waals surface area contributed by atoms with E-state index in [1.807, 2.05) is 0 Å². The van der Waals surface area contributed by atoms with Gasteiger partial charge < -0.3 is 9.84 Å². The Labute approximate surface area is 111 Å². The molecule has 18 heavy (non-hydrogen) atoms. The van der Waals surface area contributed by atoms with Crippen molar-refractivity contribution < 1.29 is 9.84 Å². The van der Waals surface area contributed by atoms with Crippen molar-refractivity contribution in [2.24, 2.45) is 0 Å². The lowest BCUT2D eigenvalue weighted by molar-refractivity contribution is -0.0246. The molecule has 0 spiro atoms. The van der Waals surface area contributed by atoms with Crippen LogP contribution >= 0.6 is 15.9 Å². The molecule has 1 aliphatic heterocycles. The van der Waals surface area contributed by atoms with Gasteiger partial charge in [-0.25, -0.2) is 4.79 Å². The molecule has 98 valence electrons. The van der Waals surface area contributed by atoms with Crippen LogP contribution < -0.4 is 11.2 Å². The first-order chi connectivity index (χ1) is 8.65. The summed E-state index contributed by atoms with van der Waals surface area (Å²) in [5, 5.41) is 9.00. The zero-order valence-electron chi connectivity index (χ0n) is 9.51. The smallest absolute Gasteiger partial charge is 0.330 e. The molecule has 2 heterocycles. The fraction of sp³-hybridized carbons (Fsp3) is 0.455. The van der Waals surface area contributed by atoms with Crippen LogP contribution in [-0.2, 0) is 4.74 Å². The highest BCUT2D eigenvalue weighted by Crippen LogP contribution is 2.26. The number of aromatic amines is 1. The van der Waals surface area contributed by atoms with Crippen molar-refractivity contribution in [3.8, 4) is 0 Å². The molecule has 2 rings (SSSR count). The average molecular weight is 317 g/mol. The molecule has 6 nitrogen and oxygen atoms in total. The van der Waals surface area contributed by atoms with Crippen LogP contribution in [0.25, 0.3) is 6.08 Å². The highest BCUT2D eigenvalue weighted by molar-refractivity contribution is 9.11. The summed E-state index contributed by atoms with van der Waals surface area (Å²) < 4.78 is 6.85. The maximum absolute atomic E-state index is 11.7. The molecular formula is C11H13BrN2O4. The van der Waals surface area contributed by atoms with E-state index < -0.39 is 17.5 Å². The van der Waals surface area contributed by atoms with Gasteiger partial charge >= 0.3 is 5.69 Å². The van der Waals surface area contributed by atoms with Crippen LogP contribution in [0.5, 0.6) is 0 Å². The van der Waals surface area contributed by atoms with E-state index in [-0.39, 0.29) is 12.7 Å². The maximum atomic E-state index is 11.7. The molecule has 0 radical (unpaired) electrons. The van der Waals surface area contributed by atoms with Crippen molar-refractivity contribution in [1.82, 2.24) is 9.55 Å². The molecule has 1 aliphatic rings. The van der Waals surface area contributed by atoms with Crippen molar-refractivity contribution in [2.75, 3.05) is 6.61 Å². The Kier molecular flexibility index (Phi) is 4.15. The molecule has 0 bridgehead atoms. The normalized spacial score (nSPS) is 23.9. The van der Waals surface area contributed by atoms with Crippen LogP contribution in [0.2, 0.25) is 0 Å². The zero-order chi connectivity index (χ0) is 13.1. The van der Waals surface area contributed by atoms with E-state index in [0.29, 0.717) is 18.4 Å². The molecule has 1 aromatic heterocycles. The molecule has 0 saturated carbocycles. The number of hydrogen-bond donors (Lipinski definition) is 2. The largest absolute Gasteiger partial charge is 0.394 e. The Hall–Kier alpha value is -1.18. The summed E-state index contributed by atoms with van der Waals surface area (Å²) in [6.07, 6.45) is 3.65. The molecule has 7 heteroatoms. The van der Waals surface area contributed by atoms with Crippen LogP contribution in [0.4, 0.5) is 0 Å². The first-order valence-corrected chi connectivity index (χ1v) is 6.46. The fourth-order valence-electron chi connectivity index (χ4n) is 1.93. The van der Waals surface area contributed by atoms with Crippen molar-refractivity contribution in [1.29, 1.82) is 0 Å². The average Bonchev–Trinajstić information content (AvgIpc) is 2.81. The lowest BCUT2D eigenvalue weighted by Gasteiger charge is -2.14. The standard InChI is InChI=1S/C11H13BrN2O4/c12-4-3-7-5-14(11(17)13-10(7)16)9-2-1-8(6-15)18-9/h3-5,8-9,15H,1-2,6H2,(H,13,16,17)/t8-,9+/m0/s1. The van der Waals surface area contributed by atoms with Gasteiger partial charge in [-0.15, -0.1) is 0 Å². The summed E-state index contributed by atoms with van der Waals surface area (Å²) in [5.74, 6) is 0. The molecule has 2 N–H and O–H groups in total. The SMILES string of the molecule is O=c1[nH]c(=O)n([C@H]2CC[C@@H](CO)O2)cc1C=CBr. The summed E-state index contributed by atoms with van der Waals surface area (Å²) in [7, 11) is 0. The number of aromatic nitrogens is 2. The minimum atomic E-state index is -0.504. The second-order valence-electron chi connectivity index (χ2n) is 4.02. The first-order valence-electron chi connectivity index (χ1n) is 5.54. The Morgan fingerprint density at radius 2 is 2.33 bits per heavy atom. The molecule has 1 saturated heterocycles. The van der Waals surface area contributed by atoms with E-state index in [1.54, 1.807) is 11.1 Å². The topological polar surface area (TPSA) is 84.3 Å². The lowest BCUT2D eigenvalue weighted by atomic mass is 10.2. The second-order valence-corrected chi connectivity index (χ2v) is 4.54. The maximum Gasteiger partial charge on any atom is 0.330 e. The number of aliphatic hydroxyl groups is 1. The summed E-state index contributed by atoms with van der Waals surface area (Å²) >= 11 is 3.08. The molecule has 2 atom stereocenters. The van der Waals surface area contributed by atoms with Gasteiger partial charge in [0.15, 0.2) is 0 Å². The van der Waals surface area contributed by atoms with Crippen molar-refractivity contribution in [2.45, 2.75) is 25.2 Å². The first kappa shape index (κ1) is 13.3. The summed E-state index contributed by atoms with van der Waals surface area (Å²) in [4.78, 5) is 27.0. The lowest BCUT2D eigenvalue weighted by Crippen LogP contribution is -2.33. The number of hydrogen-bond acceptors (Lipinski definition) is 4. The van der Waals surface area contributed by atoms with E-state index in [2.05, 4.69) is 20.9 Å². The number of rotatable bonds is 3. The summed E-state index contributed by atoms with van der Waals surface area (Å²) in [6, 6.07) is 0. The Bertz CT molecular complexity index is 563. The van der Waals surface area contributed by atoms with Gasteiger partial charge in [0.05, 0.1) is 18.3 Å². The number of aliphatic hydroxyl groups excluding tert-OH is 1. The summed E-state index contributed by atoms with van der Waals surface area (Å²) in [6.45, 7) is -0.0667. The van der Waals surface area contributed by atoms with E-state index in [4.69, 9.17) is 9.84 Å². The van der Waals surface area contributed by atoms with Gasteiger partial charge in [0.1, 0.15) is 6.23 Å². The number of ether oxygens (including phenoxy) is 1. The Balaban J connectivity index is 2.36. The van der Waals surface area contributed by atoms with Gasteiger partial charge in [-0.05, 0) is 23.9 Å². The highest BCUT2D eigenvalue weighted by atomic mass is 79.9. The highest BCUT2D eigenvalue weighted by Gasteiger charge is 2.26. The predicted octanol–water partition coefficient (Wildman–Crippen LogP) is 0.572. The van der Waals surface area contributed by atoms with Crippen LogP contribution in [0.1, 0.15) is 24.6 Å². The molecule has 0 aliphatic carbocycles. The molecule has 0 aromatic carbocycles. The van der Waals surface area contributed by atoms with E-state index in [1.165, 1.54) is 10.8 Å². The number of halogens is 1. The van der Waals surface area contributed by atoms with Gasteiger partial charge in [0.2, 0.25) is 0 Å². The number of nitrogens with one attached hydrogen (secondary N) is 1. The molecule has 0 amide bonds. The number of nitrogens with zero attached hydrogens (tertiary/aromatic N) is 1. The molecule has 0 unspecified atom stereocenters. The quantitative estimate of drug-likeness (QED) is 0.854. The van der Waals surface area contributed by atoms with E-state index in [0.717, 1.165) is 0 Å². The third-order valence-electron chi connectivity index (χ3n) is 2.84. The van der Waals surface area contributed by atoms with E-state index in [9.17, 15) is 9.59 Å². The Morgan fingerprint density at radius 1 is 1.56 bits per heavy atom. The van der Waals surface area contributed by atoms with Crippen LogP contribution in [-0.4, -0.2) is 27.4 Å². The molecule has 1 aromatic rings. The third-order valence-corrected chi connectivity index (χ3v) is 3.10. The van der Waals surface area contributed by atoms with Crippen LogP contribution in [0.15, 0.2) is 20.8 Å². The van der Waals surface area contributed by atoms with Gasteiger partial charge in [-0.3, -0.25) is 14.3 Å². The van der Waals surface area contributed by atoms with Gasteiger partial charge in [-0.1, -0.05) is 15.9 Å². The van der Waals surface area contributed by atoms with Crippen LogP contribution in [0.3, 0.4) is 0 Å². The monoisotopic (exact) mass is 316 g/mol. The third kappa shape index (κ3) is 2.63. The summed E-state index contributed by atoms with van der Waals surface area (Å²) in [5.41, 5.74) is -0.582. The minimum Gasteiger partial charge on any atom is -0.394 e. The zero-order valence-corrected chi connectivity index (χ0v) is 11.1. The van der Waals surface area contributed by atoms with E-state index >= 15 is 0 Å². The van der Waals surface area contributed by atoms with Gasteiger partial charge in [0.25, 0.3) is 5.56 Å². The Morgan fingerprint density at radius 3 is 2.94 bits per heavy atom.